The molecule has 2 aromatic rings. The van der Waals surface area contributed by atoms with Crippen LogP contribution in [0.25, 0.3) is 0 Å². The molecular formula is C27H35N3O6Si. The minimum Gasteiger partial charge on any atom is -0.432 e. The van der Waals surface area contributed by atoms with Gasteiger partial charge in [-0.2, -0.15) is 0 Å². The molecule has 10 heteroatoms. The Balaban J connectivity index is 1.79. The van der Waals surface area contributed by atoms with Gasteiger partial charge in [-0.15, -0.1) is 0 Å². The fourth-order valence-corrected chi connectivity index (χ4v) is 8.59. The van der Waals surface area contributed by atoms with Crippen LogP contribution >= 0.6 is 0 Å². The number of benzene rings is 2. The van der Waals surface area contributed by atoms with Gasteiger partial charge in [-0.1, -0.05) is 19.1 Å². The van der Waals surface area contributed by atoms with Crippen molar-refractivity contribution in [3.05, 3.63) is 53.6 Å². The lowest BCUT2D eigenvalue weighted by Crippen LogP contribution is -2.46. The van der Waals surface area contributed by atoms with Gasteiger partial charge >= 0.3 is 0 Å². The molecule has 1 fully saturated rings. The summed E-state index contributed by atoms with van der Waals surface area (Å²) in [5, 5.41) is 15.3. The van der Waals surface area contributed by atoms with Crippen molar-refractivity contribution < 1.29 is 29.0 Å². The van der Waals surface area contributed by atoms with Crippen molar-refractivity contribution >= 4 is 43.1 Å². The number of fused-ring (bicyclic) bond motifs is 2. The average Bonchev–Trinajstić information content (AvgIpc) is 3.21. The number of rotatable bonds is 7. The normalized spacial score (nSPS) is 24.9. The first-order valence-corrected chi connectivity index (χ1v) is 15.5. The van der Waals surface area contributed by atoms with Gasteiger partial charge in [0.2, 0.25) is 11.8 Å². The molecule has 4 atom stereocenters. The summed E-state index contributed by atoms with van der Waals surface area (Å²) in [4.78, 5) is 50.3. The maximum absolute atomic E-state index is 14.3. The minimum absolute atomic E-state index is 0.119. The highest BCUT2D eigenvalue weighted by molar-refractivity contribution is 6.71. The first-order chi connectivity index (χ1) is 17.4. The molecule has 37 heavy (non-hydrogen) atoms. The van der Waals surface area contributed by atoms with Crippen LogP contribution in [0.3, 0.4) is 0 Å². The second-order valence-corrected chi connectivity index (χ2v) is 14.5. The van der Waals surface area contributed by atoms with E-state index in [0.29, 0.717) is 29.0 Å². The third-order valence-corrected chi connectivity index (χ3v) is 9.84. The van der Waals surface area contributed by atoms with Crippen molar-refractivity contribution in [1.29, 1.82) is 0 Å². The number of hydrogen-bond donors (Lipinski definition) is 4. The van der Waals surface area contributed by atoms with Crippen molar-refractivity contribution in [3.8, 4) is 0 Å². The summed E-state index contributed by atoms with van der Waals surface area (Å²) in [7, 11) is -2.80. The molecular weight excluding hydrogens is 490 g/mol. The van der Waals surface area contributed by atoms with E-state index >= 15 is 0 Å². The highest BCUT2D eigenvalue weighted by atomic mass is 28.4. The summed E-state index contributed by atoms with van der Waals surface area (Å²) in [5.74, 6) is -0.982. The summed E-state index contributed by atoms with van der Waals surface area (Å²) in [6.07, 6.45) is -0.170. The first kappa shape index (κ1) is 27.0. The molecule has 2 aliphatic rings. The maximum atomic E-state index is 14.3. The number of carbonyl (C=O) groups is 3. The predicted octanol–water partition coefficient (Wildman–Crippen LogP) is 3.33. The molecule has 3 amide bonds. The van der Waals surface area contributed by atoms with Crippen molar-refractivity contribution in [2.24, 2.45) is 5.92 Å². The SMILES string of the molecule is CC(=O)Nc1ccc(CN2C(=O)[C@@]3(O[C@@H](CCO)[C@H]([Si](C)(C)O)[C@H]3C)c3cc(NC(C)=O)ccc32)cc1. The molecule has 0 aromatic heterocycles. The number of aliphatic hydroxyl groups is 1. The van der Waals surface area contributed by atoms with Crippen LogP contribution in [0.1, 0.15) is 38.3 Å². The molecule has 2 aliphatic heterocycles. The van der Waals surface area contributed by atoms with Crippen LogP contribution in [0.5, 0.6) is 0 Å². The van der Waals surface area contributed by atoms with Crippen LogP contribution in [-0.2, 0) is 31.3 Å². The van der Waals surface area contributed by atoms with Gasteiger partial charge in [0.05, 0.1) is 18.3 Å². The monoisotopic (exact) mass is 525 g/mol. The van der Waals surface area contributed by atoms with Crippen molar-refractivity contribution in [1.82, 2.24) is 0 Å². The predicted molar refractivity (Wildman–Crippen MR) is 144 cm³/mol. The molecule has 0 saturated carbocycles. The van der Waals surface area contributed by atoms with Crippen LogP contribution in [0, 0.1) is 5.92 Å². The number of anilines is 3. The highest BCUT2D eigenvalue weighted by Crippen LogP contribution is 2.60. The van der Waals surface area contributed by atoms with E-state index in [9.17, 15) is 24.3 Å². The molecule has 1 spiro atoms. The first-order valence-electron chi connectivity index (χ1n) is 12.5. The Labute approximate surface area is 218 Å². The average molecular weight is 526 g/mol. The zero-order valence-corrected chi connectivity index (χ0v) is 22.9. The van der Waals surface area contributed by atoms with E-state index in [0.717, 1.165) is 5.56 Å². The van der Waals surface area contributed by atoms with E-state index < -0.39 is 20.0 Å². The van der Waals surface area contributed by atoms with Gasteiger partial charge in [-0.05, 0) is 55.4 Å². The van der Waals surface area contributed by atoms with Gasteiger partial charge in [-0.25, -0.2) is 0 Å². The lowest BCUT2D eigenvalue weighted by molar-refractivity contribution is -0.146. The number of amides is 3. The van der Waals surface area contributed by atoms with Crippen molar-refractivity contribution in [3.63, 3.8) is 0 Å². The minimum atomic E-state index is -2.80. The maximum Gasteiger partial charge on any atom is 0.264 e. The largest absolute Gasteiger partial charge is 0.432 e. The standard InChI is InChI=1S/C27H35N3O6Si/c1-16-25(37(4,5)35)24(12-13-31)36-27(16)22-14-21(29-18(3)33)10-11-23(22)30(26(27)34)15-19-6-8-20(9-7-19)28-17(2)32/h6-11,14,16,24-25,31,35H,12-13,15H2,1-5H3,(H,28,32)(H,29,33)/t16-,24+,25-,27+/m1/s1. The number of hydrogen-bond acceptors (Lipinski definition) is 6. The molecule has 4 rings (SSSR count). The van der Waals surface area contributed by atoms with Gasteiger partial charge in [0.1, 0.15) is 0 Å². The molecule has 9 nitrogen and oxygen atoms in total. The fraction of sp³-hybridized carbons (Fsp3) is 0.444. The van der Waals surface area contributed by atoms with Crippen molar-refractivity contribution in [2.45, 2.75) is 64.1 Å². The molecule has 0 aliphatic carbocycles. The summed E-state index contributed by atoms with van der Waals surface area (Å²) in [6, 6.07) is 12.6. The lowest BCUT2D eigenvalue weighted by atomic mass is 9.82. The number of carbonyl (C=O) groups excluding carboxylic acids is 3. The summed E-state index contributed by atoms with van der Waals surface area (Å²) < 4.78 is 6.59. The highest BCUT2D eigenvalue weighted by Gasteiger charge is 2.66. The van der Waals surface area contributed by atoms with Gasteiger partial charge in [-0.3, -0.25) is 14.4 Å². The Kier molecular flexibility index (Phi) is 7.31. The van der Waals surface area contributed by atoms with Crippen molar-refractivity contribution in [2.75, 3.05) is 22.1 Å². The molecule has 2 aromatic carbocycles. The Morgan fingerprint density at radius 3 is 2.22 bits per heavy atom. The van der Waals surface area contributed by atoms with Crippen LogP contribution in [0.4, 0.5) is 17.1 Å². The Bertz CT molecular complexity index is 1210. The zero-order valence-electron chi connectivity index (χ0n) is 21.9. The second kappa shape index (κ2) is 10.0. The third kappa shape index (κ3) is 4.94. The summed E-state index contributed by atoms with van der Waals surface area (Å²) in [6.45, 7) is 8.63. The Morgan fingerprint density at radius 1 is 1.05 bits per heavy atom. The fourth-order valence-electron chi connectivity index (χ4n) is 5.99. The number of ether oxygens (including phenoxy) is 1. The van der Waals surface area contributed by atoms with Crippen LogP contribution < -0.4 is 15.5 Å². The van der Waals surface area contributed by atoms with E-state index in [1.54, 1.807) is 29.2 Å². The second-order valence-electron chi connectivity index (χ2n) is 10.6. The Morgan fingerprint density at radius 2 is 1.65 bits per heavy atom. The molecule has 2 heterocycles. The topological polar surface area (TPSA) is 128 Å². The van der Waals surface area contributed by atoms with E-state index in [4.69, 9.17) is 4.74 Å². The lowest BCUT2D eigenvalue weighted by Gasteiger charge is -2.32. The van der Waals surface area contributed by atoms with Gasteiger partial charge < -0.3 is 30.2 Å². The summed E-state index contributed by atoms with van der Waals surface area (Å²) >= 11 is 0. The van der Waals surface area contributed by atoms with E-state index in [2.05, 4.69) is 10.6 Å². The molecule has 198 valence electrons. The van der Waals surface area contributed by atoms with Crippen LogP contribution in [0.2, 0.25) is 18.6 Å². The van der Waals surface area contributed by atoms with E-state index in [-0.39, 0.29) is 42.3 Å². The molecule has 4 N–H and O–H groups in total. The zero-order chi connectivity index (χ0) is 27.1. The van der Waals surface area contributed by atoms with E-state index in [1.807, 2.05) is 38.2 Å². The number of nitrogens with zero attached hydrogens (tertiary/aromatic N) is 1. The quantitative estimate of drug-likeness (QED) is 0.411. The molecule has 0 bridgehead atoms. The smallest absolute Gasteiger partial charge is 0.264 e. The van der Waals surface area contributed by atoms with Gasteiger partial charge in [0.15, 0.2) is 13.9 Å². The van der Waals surface area contributed by atoms with Crippen LogP contribution in [0.15, 0.2) is 42.5 Å². The number of aliphatic hydroxyl groups excluding tert-OH is 1. The molecule has 0 radical (unpaired) electrons. The van der Waals surface area contributed by atoms with Crippen LogP contribution in [-0.4, -0.2) is 48.7 Å². The molecule has 0 unspecified atom stereocenters. The third-order valence-electron chi connectivity index (χ3n) is 7.33. The number of nitrogens with one attached hydrogen (secondary N) is 2. The molecule has 1 saturated heterocycles. The Hall–Kier alpha value is -3.05. The van der Waals surface area contributed by atoms with E-state index in [1.165, 1.54) is 13.8 Å². The van der Waals surface area contributed by atoms with Gasteiger partial charge in [0, 0.05) is 48.9 Å². The van der Waals surface area contributed by atoms with Gasteiger partial charge in [0.25, 0.3) is 5.91 Å². The summed E-state index contributed by atoms with van der Waals surface area (Å²) in [5.41, 5.74) is 1.78.